The van der Waals surface area contributed by atoms with Crippen LogP contribution in [0.3, 0.4) is 0 Å². The van der Waals surface area contributed by atoms with E-state index in [1.54, 1.807) is 18.2 Å². The number of hydrogen-bond acceptors (Lipinski definition) is 4. The van der Waals surface area contributed by atoms with Gasteiger partial charge < -0.3 is 11.1 Å². The highest BCUT2D eigenvalue weighted by molar-refractivity contribution is 6.36. The third-order valence-corrected chi connectivity index (χ3v) is 4.01. The van der Waals surface area contributed by atoms with Crippen LogP contribution < -0.4 is 16.6 Å². The summed E-state index contributed by atoms with van der Waals surface area (Å²) in [6.45, 7) is 0. The fourth-order valence-corrected chi connectivity index (χ4v) is 3.05. The van der Waals surface area contributed by atoms with E-state index in [-0.39, 0.29) is 29.7 Å². The van der Waals surface area contributed by atoms with Gasteiger partial charge in [-0.25, -0.2) is 0 Å². The Labute approximate surface area is 129 Å². The topological polar surface area (TPSA) is 101 Å². The van der Waals surface area contributed by atoms with Gasteiger partial charge >= 0.3 is 0 Å². The molecule has 21 heavy (non-hydrogen) atoms. The highest BCUT2D eigenvalue weighted by atomic mass is 35.5. The van der Waals surface area contributed by atoms with Gasteiger partial charge in [-0.3, -0.25) is 14.6 Å². The number of amides is 1. The fraction of sp³-hybridized carbons (Fsp3) is 0.154. The third-order valence-electron chi connectivity index (χ3n) is 3.35. The lowest BCUT2D eigenvalue weighted by Crippen LogP contribution is -2.34. The number of H-pyrrole nitrogens is 1. The Morgan fingerprint density at radius 3 is 2.57 bits per heavy atom. The molecule has 0 fully saturated rings. The average Bonchev–Trinajstić information content (AvgIpc) is 2.39. The number of nitrogen functional groups attached to an aromatic ring is 1. The summed E-state index contributed by atoms with van der Waals surface area (Å²) in [5.74, 6) is -0.839. The van der Waals surface area contributed by atoms with E-state index < -0.39 is 5.92 Å². The van der Waals surface area contributed by atoms with Gasteiger partial charge in [-0.1, -0.05) is 29.3 Å². The molecule has 0 radical (unpaired) electrons. The van der Waals surface area contributed by atoms with Crippen LogP contribution in [-0.4, -0.2) is 15.9 Å². The molecule has 6 nitrogen and oxygen atoms in total. The maximum absolute atomic E-state index is 12.3. The number of nitrogens with one attached hydrogen (secondary N) is 2. The van der Waals surface area contributed by atoms with Gasteiger partial charge in [-0.15, -0.1) is 0 Å². The molecule has 0 spiro atoms. The van der Waals surface area contributed by atoms with E-state index in [4.69, 9.17) is 28.9 Å². The van der Waals surface area contributed by atoms with Crippen LogP contribution in [0, 0.1) is 0 Å². The summed E-state index contributed by atoms with van der Waals surface area (Å²) < 4.78 is 0. The highest BCUT2D eigenvalue weighted by Crippen LogP contribution is 2.36. The SMILES string of the molecule is Nc1nc2c(c(=O)[nH]1)CC(c1c(Cl)cccc1Cl)C(=O)N2. The van der Waals surface area contributed by atoms with E-state index in [2.05, 4.69) is 15.3 Å². The Hall–Kier alpha value is -2.05. The zero-order valence-electron chi connectivity index (χ0n) is 10.6. The molecule has 2 aromatic rings. The van der Waals surface area contributed by atoms with Crippen LogP contribution in [0.4, 0.5) is 11.8 Å². The third kappa shape index (κ3) is 2.36. The number of rotatable bonds is 1. The first-order valence-corrected chi connectivity index (χ1v) is 6.86. The van der Waals surface area contributed by atoms with Crippen molar-refractivity contribution < 1.29 is 4.79 Å². The molecular formula is C13H10Cl2N4O2. The van der Waals surface area contributed by atoms with Gasteiger partial charge in [0, 0.05) is 15.6 Å². The smallest absolute Gasteiger partial charge is 0.257 e. The largest absolute Gasteiger partial charge is 0.369 e. The van der Waals surface area contributed by atoms with Crippen LogP contribution in [-0.2, 0) is 11.2 Å². The lowest BCUT2D eigenvalue weighted by molar-refractivity contribution is -0.117. The number of anilines is 2. The number of nitrogens with zero attached hydrogens (tertiary/aromatic N) is 1. The summed E-state index contributed by atoms with van der Waals surface area (Å²) in [4.78, 5) is 30.5. The number of fused-ring (bicyclic) bond motifs is 1. The van der Waals surface area contributed by atoms with Gasteiger partial charge in [0.15, 0.2) is 0 Å². The first-order valence-electron chi connectivity index (χ1n) is 6.11. The van der Waals surface area contributed by atoms with Crippen molar-refractivity contribution in [3.05, 3.63) is 49.7 Å². The Bertz CT molecular complexity index is 783. The second-order valence-electron chi connectivity index (χ2n) is 4.66. The summed E-state index contributed by atoms with van der Waals surface area (Å²) in [5, 5.41) is 3.34. The number of benzene rings is 1. The minimum Gasteiger partial charge on any atom is -0.369 e. The zero-order valence-corrected chi connectivity index (χ0v) is 12.1. The lowest BCUT2D eigenvalue weighted by atomic mass is 9.89. The molecule has 0 aliphatic carbocycles. The van der Waals surface area contributed by atoms with E-state index in [1.807, 2.05) is 0 Å². The van der Waals surface area contributed by atoms with Gasteiger partial charge in [-0.2, -0.15) is 4.98 Å². The van der Waals surface area contributed by atoms with Crippen molar-refractivity contribution in [2.45, 2.75) is 12.3 Å². The molecule has 0 bridgehead atoms. The van der Waals surface area contributed by atoms with E-state index in [0.717, 1.165) is 0 Å². The number of halogens is 2. The number of aromatic amines is 1. The first kappa shape index (κ1) is 13.9. The Balaban J connectivity index is 2.11. The maximum Gasteiger partial charge on any atom is 0.257 e. The molecule has 2 heterocycles. The summed E-state index contributed by atoms with van der Waals surface area (Å²) in [6, 6.07) is 4.99. The molecular weight excluding hydrogens is 315 g/mol. The van der Waals surface area contributed by atoms with Crippen LogP contribution in [0.5, 0.6) is 0 Å². The summed E-state index contributed by atoms with van der Waals surface area (Å²) in [5.41, 5.74) is 5.93. The minimum atomic E-state index is -0.648. The predicted octanol–water partition coefficient (Wildman–Crippen LogP) is 1.94. The first-order chi connectivity index (χ1) is 9.97. The standard InChI is InChI=1S/C13H10Cl2N4O2/c14-7-2-1-3-8(15)9(7)5-4-6-10(17-11(5)20)18-13(16)19-12(6)21/h1-3,5H,4H2,(H4,16,17,18,19,20,21). The van der Waals surface area contributed by atoms with Crippen LogP contribution in [0.2, 0.25) is 10.0 Å². The average molecular weight is 325 g/mol. The Morgan fingerprint density at radius 2 is 1.90 bits per heavy atom. The van der Waals surface area contributed by atoms with Crippen LogP contribution in [0.15, 0.2) is 23.0 Å². The second-order valence-corrected chi connectivity index (χ2v) is 5.47. The molecule has 4 N–H and O–H groups in total. The van der Waals surface area contributed by atoms with Crippen LogP contribution >= 0.6 is 23.2 Å². The number of aromatic nitrogens is 2. The van der Waals surface area contributed by atoms with Crippen molar-refractivity contribution in [3.63, 3.8) is 0 Å². The van der Waals surface area contributed by atoms with E-state index in [1.165, 1.54) is 0 Å². The Kier molecular flexibility index (Phi) is 3.35. The summed E-state index contributed by atoms with van der Waals surface area (Å²) in [6.07, 6.45) is 0.160. The monoisotopic (exact) mass is 324 g/mol. The Morgan fingerprint density at radius 1 is 1.24 bits per heavy atom. The van der Waals surface area contributed by atoms with Crippen molar-refractivity contribution in [3.8, 4) is 0 Å². The zero-order chi connectivity index (χ0) is 15.1. The molecule has 8 heteroatoms. The van der Waals surface area contributed by atoms with Crippen molar-refractivity contribution in [2.75, 3.05) is 11.1 Å². The molecule has 108 valence electrons. The van der Waals surface area contributed by atoms with Crippen molar-refractivity contribution in [2.24, 2.45) is 0 Å². The van der Waals surface area contributed by atoms with Crippen molar-refractivity contribution >= 4 is 40.9 Å². The highest BCUT2D eigenvalue weighted by Gasteiger charge is 2.33. The minimum absolute atomic E-state index is 0.0479. The van der Waals surface area contributed by atoms with E-state index >= 15 is 0 Å². The van der Waals surface area contributed by atoms with E-state index in [9.17, 15) is 9.59 Å². The molecule has 1 aliphatic rings. The molecule has 1 aliphatic heterocycles. The van der Waals surface area contributed by atoms with Crippen LogP contribution in [0.25, 0.3) is 0 Å². The second kappa shape index (κ2) is 5.05. The number of carbonyl (C=O) groups is 1. The van der Waals surface area contributed by atoms with Gasteiger partial charge in [0.25, 0.3) is 5.56 Å². The fourth-order valence-electron chi connectivity index (χ4n) is 2.39. The molecule has 3 rings (SSSR count). The van der Waals surface area contributed by atoms with Crippen molar-refractivity contribution in [1.82, 2.24) is 9.97 Å². The molecule has 1 unspecified atom stereocenters. The van der Waals surface area contributed by atoms with Crippen LogP contribution in [0.1, 0.15) is 17.0 Å². The van der Waals surface area contributed by atoms with Gasteiger partial charge in [-0.05, 0) is 18.6 Å². The number of hydrogen-bond donors (Lipinski definition) is 3. The molecule has 1 aromatic carbocycles. The van der Waals surface area contributed by atoms with E-state index in [0.29, 0.717) is 21.2 Å². The quantitative estimate of drug-likeness (QED) is 0.746. The lowest BCUT2D eigenvalue weighted by Gasteiger charge is -2.24. The van der Waals surface area contributed by atoms with Gasteiger partial charge in [0.05, 0.1) is 11.5 Å². The normalized spacial score (nSPS) is 17.2. The number of carbonyl (C=O) groups excluding carboxylic acids is 1. The summed E-state index contributed by atoms with van der Waals surface area (Å²) in [7, 11) is 0. The summed E-state index contributed by atoms with van der Waals surface area (Å²) >= 11 is 12.3. The molecule has 1 atom stereocenters. The molecule has 1 aromatic heterocycles. The van der Waals surface area contributed by atoms with Gasteiger partial charge in [0.2, 0.25) is 11.9 Å². The van der Waals surface area contributed by atoms with Crippen molar-refractivity contribution in [1.29, 1.82) is 0 Å². The molecule has 0 saturated carbocycles. The maximum atomic E-state index is 12.3. The molecule has 0 saturated heterocycles. The molecule has 1 amide bonds. The number of nitrogens with two attached hydrogens (primary N) is 1. The van der Waals surface area contributed by atoms with Gasteiger partial charge in [0.1, 0.15) is 5.82 Å². The predicted molar refractivity (Wildman–Crippen MR) is 80.8 cm³/mol.